The van der Waals surface area contributed by atoms with Crippen molar-refractivity contribution >= 4 is 6.16 Å². The lowest BCUT2D eigenvalue weighted by molar-refractivity contribution is 0.0252. The van der Waals surface area contributed by atoms with E-state index in [1.165, 1.54) is 26.4 Å². The molecule has 18 heavy (non-hydrogen) atoms. The molecule has 0 bridgehead atoms. The van der Waals surface area contributed by atoms with Gasteiger partial charge >= 0.3 is 6.16 Å². The molecule has 0 spiro atoms. The maximum atomic E-state index is 11.2. The van der Waals surface area contributed by atoms with Gasteiger partial charge in [-0.15, -0.1) is 0 Å². The van der Waals surface area contributed by atoms with E-state index >= 15 is 0 Å². The van der Waals surface area contributed by atoms with Gasteiger partial charge in [-0.25, -0.2) is 4.79 Å². The zero-order chi connectivity index (χ0) is 13.2. The summed E-state index contributed by atoms with van der Waals surface area (Å²) in [5.74, 6) is 0.406. The maximum absolute atomic E-state index is 11.2. The molecule has 1 aliphatic carbocycles. The molecule has 1 saturated carbocycles. The Labute approximate surface area is 109 Å². The quantitative estimate of drug-likeness (QED) is 0.451. The summed E-state index contributed by atoms with van der Waals surface area (Å²) in [6.07, 6.45) is 10.6. The molecule has 0 radical (unpaired) electrons. The first-order valence-electron chi connectivity index (χ1n) is 6.80. The number of unbranched alkanes of at least 4 members (excludes halogenated alkanes) is 1. The third-order valence-electron chi connectivity index (χ3n) is 3.37. The fourth-order valence-corrected chi connectivity index (χ4v) is 2.35. The third kappa shape index (κ3) is 5.54. The number of carbonyl (C=O) groups excluding carboxylic acids is 1. The van der Waals surface area contributed by atoms with Crippen molar-refractivity contribution in [2.24, 2.45) is 5.92 Å². The molecule has 0 saturated heterocycles. The van der Waals surface area contributed by atoms with Crippen LogP contribution >= 0.6 is 0 Å². The van der Waals surface area contributed by atoms with E-state index < -0.39 is 6.16 Å². The zero-order valence-corrected chi connectivity index (χ0v) is 11.1. The van der Waals surface area contributed by atoms with Gasteiger partial charge < -0.3 is 14.6 Å². The number of allylic oxidation sites excluding steroid dienone is 1. The van der Waals surface area contributed by atoms with Gasteiger partial charge in [0.25, 0.3) is 0 Å². The Kier molecular flexibility index (Phi) is 7.49. The molecule has 0 aromatic rings. The molecular formula is C14H24O4. The van der Waals surface area contributed by atoms with Gasteiger partial charge in [0.15, 0.2) is 0 Å². The first-order chi connectivity index (χ1) is 8.77. The van der Waals surface area contributed by atoms with Gasteiger partial charge in [0.2, 0.25) is 0 Å². The molecule has 0 aromatic heterocycles. The number of methoxy groups -OCH3 is 1. The van der Waals surface area contributed by atoms with E-state index in [9.17, 15) is 4.79 Å². The van der Waals surface area contributed by atoms with Crippen LogP contribution in [0.4, 0.5) is 4.79 Å². The van der Waals surface area contributed by atoms with Crippen molar-refractivity contribution in [1.82, 2.24) is 0 Å². The Morgan fingerprint density at radius 1 is 1.39 bits per heavy atom. The number of aliphatic hydroxyl groups excluding tert-OH is 1. The lowest BCUT2D eigenvalue weighted by atomic mass is 9.85. The van der Waals surface area contributed by atoms with Crippen LogP contribution < -0.4 is 0 Å². The Morgan fingerprint density at radius 2 is 2.11 bits per heavy atom. The smallest absolute Gasteiger partial charge is 0.438 e. The van der Waals surface area contributed by atoms with Gasteiger partial charge in [0.1, 0.15) is 6.10 Å². The molecule has 0 heterocycles. The molecule has 4 nitrogen and oxygen atoms in total. The average Bonchev–Trinajstić information content (AvgIpc) is 2.43. The van der Waals surface area contributed by atoms with Crippen molar-refractivity contribution in [3.8, 4) is 0 Å². The molecule has 0 aliphatic heterocycles. The lowest BCUT2D eigenvalue weighted by Gasteiger charge is -2.27. The van der Waals surface area contributed by atoms with Crippen LogP contribution in [0.5, 0.6) is 0 Å². The van der Waals surface area contributed by atoms with Crippen LogP contribution in [0, 0.1) is 5.92 Å². The Hall–Kier alpha value is -1.03. The highest BCUT2D eigenvalue weighted by molar-refractivity contribution is 5.60. The third-order valence-corrected chi connectivity index (χ3v) is 3.37. The molecule has 1 N–H and O–H groups in total. The lowest BCUT2D eigenvalue weighted by Crippen LogP contribution is -2.27. The first kappa shape index (κ1) is 15.0. The molecule has 1 aliphatic rings. The highest BCUT2D eigenvalue weighted by atomic mass is 16.7. The van der Waals surface area contributed by atoms with Crippen molar-refractivity contribution in [3.63, 3.8) is 0 Å². The van der Waals surface area contributed by atoms with Crippen LogP contribution in [0.3, 0.4) is 0 Å². The van der Waals surface area contributed by atoms with Crippen LogP contribution in [0.15, 0.2) is 12.2 Å². The van der Waals surface area contributed by atoms with Gasteiger partial charge in [-0.05, 0) is 37.7 Å². The number of carbonyl (C=O) groups is 1. The predicted octanol–water partition coefficient (Wildman–Crippen LogP) is 3.05. The zero-order valence-electron chi connectivity index (χ0n) is 11.1. The van der Waals surface area contributed by atoms with Gasteiger partial charge in [-0.1, -0.05) is 25.3 Å². The molecule has 0 amide bonds. The molecule has 4 heteroatoms. The van der Waals surface area contributed by atoms with E-state index in [2.05, 4.69) is 4.74 Å². The van der Waals surface area contributed by atoms with Crippen molar-refractivity contribution in [2.75, 3.05) is 13.7 Å². The van der Waals surface area contributed by atoms with Crippen molar-refractivity contribution in [3.05, 3.63) is 12.2 Å². The molecule has 1 atom stereocenters. The number of hydrogen-bond acceptors (Lipinski definition) is 4. The molecule has 104 valence electrons. The summed E-state index contributed by atoms with van der Waals surface area (Å²) >= 11 is 0. The van der Waals surface area contributed by atoms with Gasteiger partial charge in [-0.3, -0.25) is 0 Å². The molecule has 1 unspecified atom stereocenters. The number of rotatable bonds is 6. The minimum Gasteiger partial charge on any atom is -0.438 e. The highest BCUT2D eigenvalue weighted by Gasteiger charge is 2.25. The Bertz CT molecular complexity index is 257. The molecule has 1 rings (SSSR count). The molecule has 0 aromatic carbocycles. The Morgan fingerprint density at radius 3 is 2.72 bits per heavy atom. The minimum atomic E-state index is -0.614. The fourth-order valence-electron chi connectivity index (χ4n) is 2.35. The topological polar surface area (TPSA) is 55.8 Å². The summed E-state index contributed by atoms with van der Waals surface area (Å²) in [7, 11) is 1.33. The summed E-state index contributed by atoms with van der Waals surface area (Å²) in [6.45, 7) is 0.191. The van der Waals surface area contributed by atoms with E-state index in [1.807, 2.05) is 12.2 Å². The fraction of sp³-hybridized carbons (Fsp3) is 0.786. The van der Waals surface area contributed by atoms with Gasteiger partial charge in [-0.2, -0.15) is 0 Å². The monoisotopic (exact) mass is 256 g/mol. The first-order valence-corrected chi connectivity index (χ1v) is 6.80. The molecular weight excluding hydrogens is 232 g/mol. The SMILES string of the molecule is COC(=O)OC(/C=C\CCCO)C1CCCCC1. The van der Waals surface area contributed by atoms with Crippen LogP contribution in [0.2, 0.25) is 0 Å². The largest absolute Gasteiger partial charge is 0.508 e. The number of ether oxygens (including phenoxy) is 2. The second kappa shape index (κ2) is 8.97. The van der Waals surface area contributed by atoms with E-state index in [0.717, 1.165) is 25.7 Å². The van der Waals surface area contributed by atoms with Crippen molar-refractivity contribution < 1.29 is 19.4 Å². The summed E-state index contributed by atoms with van der Waals surface area (Å²) in [5.41, 5.74) is 0. The maximum Gasteiger partial charge on any atom is 0.508 e. The summed E-state index contributed by atoms with van der Waals surface area (Å²) in [6, 6.07) is 0. The van der Waals surface area contributed by atoms with E-state index in [4.69, 9.17) is 9.84 Å². The van der Waals surface area contributed by atoms with Gasteiger partial charge in [0.05, 0.1) is 7.11 Å². The summed E-state index contributed by atoms with van der Waals surface area (Å²) in [5, 5.41) is 8.72. The average molecular weight is 256 g/mol. The normalized spacial score (nSPS) is 18.8. The summed E-state index contributed by atoms with van der Waals surface area (Å²) < 4.78 is 9.87. The summed E-state index contributed by atoms with van der Waals surface area (Å²) in [4.78, 5) is 11.2. The highest BCUT2D eigenvalue weighted by Crippen LogP contribution is 2.29. The van der Waals surface area contributed by atoms with E-state index in [-0.39, 0.29) is 12.7 Å². The molecule has 1 fully saturated rings. The van der Waals surface area contributed by atoms with E-state index in [0.29, 0.717) is 5.92 Å². The predicted molar refractivity (Wildman–Crippen MR) is 69.3 cm³/mol. The van der Waals surface area contributed by atoms with Crippen molar-refractivity contribution in [2.45, 2.75) is 51.0 Å². The van der Waals surface area contributed by atoms with Crippen molar-refractivity contribution in [1.29, 1.82) is 0 Å². The minimum absolute atomic E-state index is 0.184. The number of aliphatic hydroxyl groups is 1. The van der Waals surface area contributed by atoms with Crippen LogP contribution in [0.25, 0.3) is 0 Å². The Balaban J connectivity index is 2.49. The second-order valence-corrected chi connectivity index (χ2v) is 4.73. The van der Waals surface area contributed by atoms with Gasteiger partial charge in [0, 0.05) is 6.61 Å². The van der Waals surface area contributed by atoms with Crippen LogP contribution in [0.1, 0.15) is 44.9 Å². The van der Waals surface area contributed by atoms with E-state index in [1.54, 1.807) is 0 Å². The van der Waals surface area contributed by atoms with Crippen LogP contribution in [-0.2, 0) is 9.47 Å². The number of hydrogen-bond donors (Lipinski definition) is 1. The van der Waals surface area contributed by atoms with Crippen LogP contribution in [-0.4, -0.2) is 31.1 Å². The second-order valence-electron chi connectivity index (χ2n) is 4.73. The standard InChI is InChI=1S/C14H24O4/c1-17-14(16)18-13(10-6-3-7-11-15)12-8-4-2-5-9-12/h6,10,12-13,15H,2-5,7-9,11H2,1H3/b10-6-.